The van der Waals surface area contributed by atoms with Crippen LogP contribution in [0.3, 0.4) is 0 Å². The molecule has 0 aromatic heterocycles. The number of benzene rings is 1. The molecule has 2 nitrogen and oxygen atoms in total. The third kappa shape index (κ3) is 1.46. The van der Waals surface area contributed by atoms with E-state index in [2.05, 4.69) is 0 Å². The van der Waals surface area contributed by atoms with E-state index in [-0.39, 0.29) is 6.61 Å². The van der Waals surface area contributed by atoms with Crippen LogP contribution in [0, 0.1) is 6.92 Å². The lowest BCUT2D eigenvalue weighted by Gasteiger charge is -2.03. The summed E-state index contributed by atoms with van der Waals surface area (Å²) in [5, 5.41) is 8.87. The molecule has 0 saturated heterocycles. The molecule has 1 aromatic carbocycles. The van der Waals surface area contributed by atoms with Crippen molar-refractivity contribution in [1.29, 1.82) is 0 Å². The molecule has 58 valence electrons. The smallest absolute Gasteiger partial charge is 0.150 e. The van der Waals surface area contributed by atoms with Crippen molar-refractivity contribution in [3.63, 3.8) is 0 Å². The van der Waals surface area contributed by atoms with Crippen LogP contribution < -0.4 is 0 Å². The Morgan fingerprint density at radius 3 is 2.73 bits per heavy atom. The first kappa shape index (κ1) is 7.95. The maximum Gasteiger partial charge on any atom is 0.150 e. The predicted molar refractivity (Wildman–Crippen MR) is 42.5 cm³/mol. The molecular weight excluding hydrogens is 140 g/mol. The van der Waals surface area contributed by atoms with Crippen LogP contribution in [0.15, 0.2) is 18.2 Å². The van der Waals surface area contributed by atoms with Gasteiger partial charge in [0.25, 0.3) is 0 Å². The molecule has 0 fully saturated rings. The second-order valence-electron chi connectivity index (χ2n) is 2.42. The highest BCUT2D eigenvalue weighted by Gasteiger charge is 2.01. The van der Waals surface area contributed by atoms with Gasteiger partial charge in [-0.25, -0.2) is 0 Å². The summed E-state index contributed by atoms with van der Waals surface area (Å²) in [6, 6.07) is 5.38. The van der Waals surface area contributed by atoms with Gasteiger partial charge in [0.1, 0.15) is 6.29 Å². The van der Waals surface area contributed by atoms with Crippen LogP contribution in [0.2, 0.25) is 0 Å². The van der Waals surface area contributed by atoms with Gasteiger partial charge in [0.15, 0.2) is 0 Å². The monoisotopic (exact) mass is 150 g/mol. The van der Waals surface area contributed by atoms with Gasteiger partial charge in [-0.15, -0.1) is 0 Å². The first-order valence-electron chi connectivity index (χ1n) is 3.44. The van der Waals surface area contributed by atoms with E-state index in [9.17, 15) is 4.79 Å². The van der Waals surface area contributed by atoms with E-state index in [1.54, 1.807) is 12.1 Å². The van der Waals surface area contributed by atoms with Crippen LogP contribution in [-0.2, 0) is 6.61 Å². The summed E-state index contributed by atoms with van der Waals surface area (Å²) in [6.07, 6.45) is 0.762. The fraction of sp³-hybridized carbons (Fsp3) is 0.222. The van der Waals surface area contributed by atoms with E-state index >= 15 is 0 Å². The minimum absolute atomic E-state index is 0.0687. The molecule has 11 heavy (non-hydrogen) atoms. The van der Waals surface area contributed by atoms with Gasteiger partial charge >= 0.3 is 0 Å². The van der Waals surface area contributed by atoms with Crippen LogP contribution in [0.5, 0.6) is 0 Å². The number of hydrogen-bond acceptors (Lipinski definition) is 2. The molecule has 0 heterocycles. The molecule has 0 spiro atoms. The molecule has 0 aliphatic carbocycles. The lowest BCUT2D eigenvalue weighted by Crippen LogP contribution is -1.94. The number of aryl methyl sites for hydroxylation is 1. The lowest BCUT2D eigenvalue weighted by molar-refractivity contribution is 0.112. The minimum atomic E-state index is -0.0687. The van der Waals surface area contributed by atoms with Crippen molar-refractivity contribution in [2.75, 3.05) is 0 Å². The van der Waals surface area contributed by atoms with Crippen molar-refractivity contribution in [2.24, 2.45) is 0 Å². The van der Waals surface area contributed by atoms with E-state index in [4.69, 9.17) is 5.11 Å². The summed E-state index contributed by atoms with van der Waals surface area (Å²) < 4.78 is 0. The minimum Gasteiger partial charge on any atom is -0.392 e. The van der Waals surface area contributed by atoms with Gasteiger partial charge in [0.05, 0.1) is 6.61 Å². The number of aldehydes is 1. The summed E-state index contributed by atoms with van der Waals surface area (Å²) >= 11 is 0. The molecule has 0 amide bonds. The van der Waals surface area contributed by atoms with Gasteiger partial charge in [0.2, 0.25) is 0 Å². The fourth-order valence-electron chi connectivity index (χ4n) is 1.05. The molecule has 2 heteroatoms. The number of carbonyl (C=O) groups excluding carboxylic acids is 1. The van der Waals surface area contributed by atoms with Gasteiger partial charge in [-0.3, -0.25) is 4.79 Å². The Morgan fingerprint density at radius 1 is 1.55 bits per heavy atom. The molecular formula is C9H10O2. The Labute approximate surface area is 65.5 Å². The molecule has 0 aliphatic rings. The van der Waals surface area contributed by atoms with E-state index in [0.29, 0.717) is 5.56 Å². The molecule has 0 radical (unpaired) electrons. The quantitative estimate of drug-likeness (QED) is 0.645. The Hall–Kier alpha value is -1.15. The third-order valence-corrected chi connectivity index (χ3v) is 1.73. The largest absolute Gasteiger partial charge is 0.392 e. The Bertz CT molecular complexity index is 266. The molecule has 0 atom stereocenters. The van der Waals surface area contributed by atoms with Crippen LogP contribution in [0.25, 0.3) is 0 Å². The highest BCUT2D eigenvalue weighted by molar-refractivity contribution is 5.77. The molecule has 1 aromatic rings. The second-order valence-corrected chi connectivity index (χ2v) is 2.42. The molecule has 0 unspecified atom stereocenters. The predicted octanol–water partition coefficient (Wildman–Crippen LogP) is 1.30. The van der Waals surface area contributed by atoms with Crippen molar-refractivity contribution in [3.8, 4) is 0 Å². The summed E-state index contributed by atoms with van der Waals surface area (Å²) in [6.45, 7) is 1.80. The summed E-state index contributed by atoms with van der Waals surface area (Å²) in [5.74, 6) is 0. The molecule has 0 saturated carbocycles. The Morgan fingerprint density at radius 2 is 2.27 bits per heavy atom. The van der Waals surface area contributed by atoms with Crippen molar-refractivity contribution in [3.05, 3.63) is 34.9 Å². The van der Waals surface area contributed by atoms with Gasteiger partial charge in [-0.05, 0) is 18.1 Å². The molecule has 1 N–H and O–H groups in total. The van der Waals surface area contributed by atoms with Gasteiger partial charge in [-0.1, -0.05) is 18.2 Å². The average molecular weight is 150 g/mol. The third-order valence-electron chi connectivity index (χ3n) is 1.73. The first-order chi connectivity index (χ1) is 5.29. The number of aliphatic hydroxyl groups excluding tert-OH is 1. The fourth-order valence-corrected chi connectivity index (χ4v) is 1.05. The van der Waals surface area contributed by atoms with Crippen molar-refractivity contribution < 1.29 is 9.90 Å². The maximum absolute atomic E-state index is 10.4. The van der Waals surface area contributed by atoms with Gasteiger partial charge in [0, 0.05) is 5.56 Å². The van der Waals surface area contributed by atoms with E-state index in [1.165, 1.54) is 0 Å². The SMILES string of the molecule is Cc1cccc(C=O)c1CO. The van der Waals surface area contributed by atoms with Crippen LogP contribution in [0.1, 0.15) is 21.5 Å². The van der Waals surface area contributed by atoms with E-state index in [0.717, 1.165) is 17.4 Å². The first-order valence-corrected chi connectivity index (χ1v) is 3.44. The Balaban J connectivity index is 3.23. The highest BCUT2D eigenvalue weighted by Crippen LogP contribution is 2.11. The molecule has 1 rings (SSSR count). The normalized spacial score (nSPS) is 9.64. The van der Waals surface area contributed by atoms with E-state index in [1.807, 2.05) is 13.0 Å². The molecule has 0 bridgehead atoms. The highest BCUT2D eigenvalue weighted by atomic mass is 16.3. The zero-order chi connectivity index (χ0) is 8.27. The summed E-state index contributed by atoms with van der Waals surface area (Å²) in [4.78, 5) is 10.4. The van der Waals surface area contributed by atoms with Crippen molar-refractivity contribution >= 4 is 6.29 Å². The molecule has 0 aliphatic heterocycles. The summed E-state index contributed by atoms with van der Waals surface area (Å²) in [7, 11) is 0. The zero-order valence-electron chi connectivity index (χ0n) is 6.37. The van der Waals surface area contributed by atoms with Crippen molar-refractivity contribution in [2.45, 2.75) is 13.5 Å². The zero-order valence-corrected chi connectivity index (χ0v) is 6.37. The van der Waals surface area contributed by atoms with Crippen LogP contribution >= 0.6 is 0 Å². The Kier molecular flexibility index (Phi) is 2.39. The van der Waals surface area contributed by atoms with Crippen LogP contribution in [0.4, 0.5) is 0 Å². The number of aliphatic hydroxyl groups is 1. The van der Waals surface area contributed by atoms with Gasteiger partial charge < -0.3 is 5.11 Å². The summed E-state index contributed by atoms with van der Waals surface area (Å²) in [5.41, 5.74) is 2.26. The standard InChI is InChI=1S/C9H10O2/c1-7-3-2-4-8(5-10)9(7)6-11/h2-5,11H,6H2,1H3. The number of rotatable bonds is 2. The topological polar surface area (TPSA) is 37.3 Å². The van der Waals surface area contributed by atoms with Crippen LogP contribution in [-0.4, -0.2) is 11.4 Å². The maximum atomic E-state index is 10.4. The van der Waals surface area contributed by atoms with Crippen molar-refractivity contribution in [1.82, 2.24) is 0 Å². The number of carbonyl (C=O) groups is 1. The van der Waals surface area contributed by atoms with E-state index < -0.39 is 0 Å². The van der Waals surface area contributed by atoms with Gasteiger partial charge in [-0.2, -0.15) is 0 Å². The number of hydrogen-bond donors (Lipinski definition) is 1. The lowest BCUT2D eigenvalue weighted by atomic mass is 10.0. The average Bonchev–Trinajstić information content (AvgIpc) is 2.04. The second kappa shape index (κ2) is 3.30.